The molecule has 0 spiro atoms. The SMILES string of the molecule is Cc1nc(-n2nc(C)c(Br)c2C)ccc1CCl. The molecule has 0 N–H and O–H groups in total. The van der Waals surface area contributed by atoms with Crippen LogP contribution in [0.5, 0.6) is 0 Å². The largest absolute Gasteiger partial charge is 0.234 e. The van der Waals surface area contributed by atoms with E-state index in [0.29, 0.717) is 5.88 Å². The Hall–Kier alpha value is -0.870. The number of alkyl halides is 1. The first-order chi connectivity index (χ1) is 8.04. The summed E-state index contributed by atoms with van der Waals surface area (Å²) in [7, 11) is 0. The van der Waals surface area contributed by atoms with Gasteiger partial charge in [0, 0.05) is 11.6 Å². The molecule has 0 atom stereocenters. The normalized spacial score (nSPS) is 10.9. The molecule has 2 heterocycles. The molecule has 2 rings (SSSR count). The van der Waals surface area contributed by atoms with Crippen molar-refractivity contribution in [3.05, 3.63) is 39.3 Å². The smallest absolute Gasteiger partial charge is 0.153 e. The van der Waals surface area contributed by atoms with Crippen molar-refractivity contribution in [2.24, 2.45) is 0 Å². The minimum atomic E-state index is 0.486. The molecule has 0 aromatic carbocycles. The number of halogens is 2. The molecule has 0 bridgehead atoms. The highest BCUT2D eigenvalue weighted by atomic mass is 79.9. The van der Waals surface area contributed by atoms with Crippen LogP contribution in [-0.4, -0.2) is 14.8 Å². The van der Waals surface area contributed by atoms with E-state index < -0.39 is 0 Å². The van der Waals surface area contributed by atoms with E-state index in [2.05, 4.69) is 26.0 Å². The summed E-state index contributed by atoms with van der Waals surface area (Å²) >= 11 is 9.33. The Labute approximate surface area is 114 Å². The molecule has 0 amide bonds. The first kappa shape index (κ1) is 12.6. The van der Waals surface area contributed by atoms with E-state index >= 15 is 0 Å². The molecule has 17 heavy (non-hydrogen) atoms. The van der Waals surface area contributed by atoms with Gasteiger partial charge in [-0.3, -0.25) is 0 Å². The third-order valence-electron chi connectivity index (χ3n) is 2.74. The highest BCUT2D eigenvalue weighted by molar-refractivity contribution is 9.10. The average Bonchev–Trinajstić information content (AvgIpc) is 2.57. The average molecular weight is 315 g/mol. The Bertz CT molecular complexity index is 563. The molecule has 3 nitrogen and oxygen atoms in total. The minimum absolute atomic E-state index is 0.486. The lowest BCUT2D eigenvalue weighted by Gasteiger charge is -2.07. The monoisotopic (exact) mass is 313 g/mol. The van der Waals surface area contributed by atoms with Crippen LogP contribution in [-0.2, 0) is 5.88 Å². The highest BCUT2D eigenvalue weighted by Crippen LogP contribution is 2.22. The van der Waals surface area contributed by atoms with E-state index in [1.54, 1.807) is 0 Å². The molecule has 2 aromatic rings. The Balaban J connectivity index is 2.53. The van der Waals surface area contributed by atoms with Gasteiger partial charge in [-0.2, -0.15) is 5.10 Å². The fourth-order valence-electron chi connectivity index (χ4n) is 1.68. The van der Waals surface area contributed by atoms with Crippen LogP contribution < -0.4 is 0 Å². The summed E-state index contributed by atoms with van der Waals surface area (Å²) in [4.78, 5) is 4.52. The Morgan fingerprint density at radius 3 is 2.41 bits per heavy atom. The van der Waals surface area contributed by atoms with Gasteiger partial charge in [0.25, 0.3) is 0 Å². The Kier molecular flexibility index (Phi) is 3.54. The molecule has 0 saturated heterocycles. The molecular formula is C12H13BrClN3. The molecule has 2 aromatic heterocycles. The molecule has 0 fully saturated rings. The van der Waals surface area contributed by atoms with Gasteiger partial charge in [0.15, 0.2) is 5.82 Å². The van der Waals surface area contributed by atoms with Crippen molar-refractivity contribution in [1.29, 1.82) is 0 Å². The number of aromatic nitrogens is 3. The predicted octanol–water partition coefficient (Wildman–Crippen LogP) is 3.69. The molecule has 5 heteroatoms. The zero-order chi connectivity index (χ0) is 12.6. The van der Waals surface area contributed by atoms with Crippen molar-refractivity contribution in [2.45, 2.75) is 26.7 Å². The summed E-state index contributed by atoms with van der Waals surface area (Å²) in [6.07, 6.45) is 0. The summed E-state index contributed by atoms with van der Waals surface area (Å²) in [6, 6.07) is 3.94. The van der Waals surface area contributed by atoms with E-state index in [4.69, 9.17) is 11.6 Å². The maximum absolute atomic E-state index is 5.82. The maximum atomic E-state index is 5.82. The zero-order valence-corrected chi connectivity index (χ0v) is 12.3. The number of hydrogen-bond acceptors (Lipinski definition) is 2. The molecule has 0 aliphatic heterocycles. The first-order valence-electron chi connectivity index (χ1n) is 5.29. The Morgan fingerprint density at radius 1 is 1.24 bits per heavy atom. The van der Waals surface area contributed by atoms with Crippen LogP contribution in [0.2, 0.25) is 0 Å². The summed E-state index contributed by atoms with van der Waals surface area (Å²) in [5.74, 6) is 1.31. The minimum Gasteiger partial charge on any atom is -0.234 e. The molecular weight excluding hydrogens is 302 g/mol. The molecule has 0 aliphatic carbocycles. The molecule has 0 radical (unpaired) electrons. The predicted molar refractivity (Wildman–Crippen MR) is 72.8 cm³/mol. The van der Waals surface area contributed by atoms with Crippen molar-refractivity contribution < 1.29 is 0 Å². The van der Waals surface area contributed by atoms with Crippen molar-refractivity contribution in [2.75, 3.05) is 0 Å². The standard InChI is InChI=1S/C12H13BrClN3/c1-7-10(6-14)4-5-11(15-7)17-9(3)12(13)8(2)16-17/h4-5H,6H2,1-3H3. The third kappa shape index (κ3) is 2.24. The van der Waals surface area contributed by atoms with E-state index in [-0.39, 0.29) is 0 Å². The van der Waals surface area contributed by atoms with E-state index in [1.165, 1.54) is 0 Å². The lowest BCUT2D eigenvalue weighted by atomic mass is 10.2. The van der Waals surface area contributed by atoms with Crippen molar-refractivity contribution in [1.82, 2.24) is 14.8 Å². The maximum Gasteiger partial charge on any atom is 0.153 e. The first-order valence-corrected chi connectivity index (χ1v) is 6.62. The van der Waals surface area contributed by atoms with E-state index in [0.717, 1.165) is 32.9 Å². The highest BCUT2D eigenvalue weighted by Gasteiger charge is 2.11. The molecule has 0 saturated carbocycles. The van der Waals surface area contributed by atoms with Crippen LogP contribution in [0, 0.1) is 20.8 Å². The topological polar surface area (TPSA) is 30.7 Å². The number of aryl methyl sites for hydroxylation is 2. The fraction of sp³-hybridized carbons (Fsp3) is 0.333. The second-order valence-corrected chi connectivity index (χ2v) is 5.00. The van der Waals surface area contributed by atoms with Crippen molar-refractivity contribution in [3.63, 3.8) is 0 Å². The van der Waals surface area contributed by atoms with Crippen LogP contribution in [0.4, 0.5) is 0 Å². The number of hydrogen-bond donors (Lipinski definition) is 0. The quantitative estimate of drug-likeness (QED) is 0.791. The van der Waals surface area contributed by atoms with Gasteiger partial charge in [-0.05, 0) is 48.3 Å². The van der Waals surface area contributed by atoms with Gasteiger partial charge < -0.3 is 0 Å². The van der Waals surface area contributed by atoms with Crippen LogP contribution in [0.3, 0.4) is 0 Å². The van der Waals surface area contributed by atoms with E-state index in [1.807, 2.05) is 37.6 Å². The zero-order valence-electron chi connectivity index (χ0n) is 9.96. The Morgan fingerprint density at radius 2 is 1.94 bits per heavy atom. The van der Waals surface area contributed by atoms with Gasteiger partial charge in [-0.15, -0.1) is 11.6 Å². The lowest BCUT2D eigenvalue weighted by molar-refractivity contribution is 0.799. The number of rotatable bonds is 2. The summed E-state index contributed by atoms with van der Waals surface area (Å²) < 4.78 is 2.86. The molecule has 90 valence electrons. The number of nitrogens with zero attached hydrogens (tertiary/aromatic N) is 3. The second kappa shape index (κ2) is 4.78. The van der Waals surface area contributed by atoms with Crippen molar-refractivity contribution in [3.8, 4) is 5.82 Å². The van der Waals surface area contributed by atoms with Crippen LogP contribution in [0.25, 0.3) is 5.82 Å². The second-order valence-electron chi connectivity index (χ2n) is 3.94. The van der Waals surface area contributed by atoms with Gasteiger partial charge >= 0.3 is 0 Å². The summed E-state index contributed by atoms with van der Waals surface area (Å²) in [5, 5.41) is 4.45. The van der Waals surface area contributed by atoms with E-state index in [9.17, 15) is 0 Å². The van der Waals surface area contributed by atoms with Crippen LogP contribution in [0.1, 0.15) is 22.6 Å². The summed E-state index contributed by atoms with van der Waals surface area (Å²) in [5.41, 5.74) is 4.01. The van der Waals surface area contributed by atoms with Crippen molar-refractivity contribution >= 4 is 27.5 Å². The third-order valence-corrected chi connectivity index (χ3v) is 4.18. The van der Waals surface area contributed by atoms with Gasteiger partial charge in [0.1, 0.15) is 0 Å². The summed E-state index contributed by atoms with van der Waals surface area (Å²) in [6.45, 7) is 5.94. The fourth-order valence-corrected chi connectivity index (χ4v) is 2.21. The molecule has 0 aliphatic rings. The van der Waals surface area contributed by atoms with Gasteiger partial charge in [-0.25, -0.2) is 9.67 Å². The lowest BCUT2D eigenvalue weighted by Crippen LogP contribution is -2.04. The number of pyridine rings is 1. The molecule has 0 unspecified atom stereocenters. The van der Waals surface area contributed by atoms with Gasteiger partial charge in [-0.1, -0.05) is 6.07 Å². The van der Waals surface area contributed by atoms with Gasteiger partial charge in [0.2, 0.25) is 0 Å². The van der Waals surface area contributed by atoms with Crippen LogP contribution >= 0.6 is 27.5 Å². The van der Waals surface area contributed by atoms with Gasteiger partial charge in [0.05, 0.1) is 15.9 Å². The van der Waals surface area contributed by atoms with Crippen LogP contribution in [0.15, 0.2) is 16.6 Å².